The highest BCUT2D eigenvalue weighted by Gasteiger charge is 2.12. The number of aromatic nitrogens is 3. The molecule has 2 N–H and O–H groups in total. The van der Waals surface area contributed by atoms with Crippen molar-refractivity contribution in [3.05, 3.63) is 48.4 Å². The summed E-state index contributed by atoms with van der Waals surface area (Å²) in [6.45, 7) is 1.90. The van der Waals surface area contributed by atoms with Crippen LogP contribution in [-0.2, 0) is 6.42 Å². The predicted molar refractivity (Wildman–Crippen MR) is 124 cm³/mol. The monoisotopic (exact) mass is 522 g/mol. The van der Waals surface area contributed by atoms with Gasteiger partial charge in [-0.25, -0.2) is 0 Å². The molecule has 30 heavy (non-hydrogen) atoms. The Kier molecular flexibility index (Phi) is 7.82. The number of ether oxygens (including phenoxy) is 2. The van der Waals surface area contributed by atoms with E-state index in [4.69, 9.17) is 14.0 Å². The lowest BCUT2D eigenvalue weighted by Gasteiger charge is -2.13. The van der Waals surface area contributed by atoms with E-state index in [1.807, 2.05) is 36.4 Å². The predicted octanol–water partition coefficient (Wildman–Crippen LogP) is 3.14. The van der Waals surface area contributed by atoms with Gasteiger partial charge in [-0.15, -0.1) is 24.0 Å². The molecule has 1 aliphatic rings. The summed E-state index contributed by atoms with van der Waals surface area (Å²) < 4.78 is 16.7. The van der Waals surface area contributed by atoms with Gasteiger partial charge in [0.15, 0.2) is 23.3 Å². The molecule has 3 heterocycles. The Bertz CT molecular complexity index is 980. The molecule has 0 saturated heterocycles. The molecule has 1 aromatic carbocycles. The number of hydrogen-bond donors (Lipinski definition) is 2. The average Bonchev–Trinajstić information content (AvgIpc) is 3.11. The van der Waals surface area contributed by atoms with Crippen LogP contribution in [0.25, 0.3) is 11.6 Å². The molecule has 0 aliphatic carbocycles. The van der Waals surface area contributed by atoms with Gasteiger partial charge in [-0.1, -0.05) is 11.2 Å². The van der Waals surface area contributed by atoms with Crippen molar-refractivity contribution in [1.82, 2.24) is 20.4 Å². The van der Waals surface area contributed by atoms with E-state index < -0.39 is 0 Å². The van der Waals surface area contributed by atoms with E-state index in [2.05, 4.69) is 30.8 Å². The Labute approximate surface area is 191 Å². The first-order valence-electron chi connectivity index (χ1n) is 9.43. The Balaban J connectivity index is 0.00000256. The smallest absolute Gasteiger partial charge is 0.276 e. The second-order valence-electron chi connectivity index (χ2n) is 6.32. The molecule has 1 aliphatic heterocycles. The van der Waals surface area contributed by atoms with Crippen LogP contribution in [0.5, 0.6) is 11.5 Å². The highest BCUT2D eigenvalue weighted by molar-refractivity contribution is 14.0. The fourth-order valence-corrected chi connectivity index (χ4v) is 2.80. The molecule has 0 bridgehead atoms. The van der Waals surface area contributed by atoms with Gasteiger partial charge in [-0.05, 0) is 24.3 Å². The van der Waals surface area contributed by atoms with E-state index >= 15 is 0 Å². The Hall–Kier alpha value is -2.89. The second-order valence-corrected chi connectivity index (χ2v) is 6.32. The average molecular weight is 522 g/mol. The normalized spacial score (nSPS) is 13.2. The van der Waals surface area contributed by atoms with Gasteiger partial charge in [0.2, 0.25) is 0 Å². The fraction of sp³-hybridized carbons (Fsp3) is 0.300. The molecule has 9 nitrogen and oxygen atoms in total. The third kappa shape index (κ3) is 5.59. The Morgan fingerprint density at radius 2 is 2.00 bits per heavy atom. The molecule has 10 heteroatoms. The van der Waals surface area contributed by atoms with E-state index in [-0.39, 0.29) is 24.0 Å². The maximum absolute atomic E-state index is 5.72. The quantitative estimate of drug-likeness (QED) is 0.299. The second kappa shape index (κ2) is 10.8. The number of hydrogen-bond acceptors (Lipinski definition) is 7. The van der Waals surface area contributed by atoms with Gasteiger partial charge in [0.05, 0.1) is 13.2 Å². The standard InChI is InChI=1S/C20H22N6O3.HI/c1-21-20(24-14-6-7-16-17(13-14)28-12-4-11-27-16)23-10-8-18-25-19(29-26-18)15-5-2-3-9-22-15;/h2-3,5-7,9,13H,4,8,10-12H2,1H3,(H2,21,23,24);1H. The van der Waals surface area contributed by atoms with Gasteiger partial charge in [-0.3, -0.25) is 9.98 Å². The molecule has 0 amide bonds. The van der Waals surface area contributed by atoms with Crippen LogP contribution in [0.3, 0.4) is 0 Å². The summed E-state index contributed by atoms with van der Waals surface area (Å²) in [6, 6.07) is 11.3. The van der Waals surface area contributed by atoms with Crippen LogP contribution in [0.2, 0.25) is 0 Å². The van der Waals surface area contributed by atoms with Gasteiger partial charge in [0, 0.05) is 44.4 Å². The summed E-state index contributed by atoms with van der Waals surface area (Å²) in [5.41, 5.74) is 1.52. The van der Waals surface area contributed by atoms with Gasteiger partial charge < -0.3 is 24.6 Å². The number of nitrogens with one attached hydrogen (secondary N) is 2. The zero-order valence-corrected chi connectivity index (χ0v) is 18.8. The first kappa shape index (κ1) is 21.8. The molecular weight excluding hydrogens is 499 g/mol. The van der Waals surface area contributed by atoms with Crippen molar-refractivity contribution in [1.29, 1.82) is 0 Å². The number of nitrogens with zero attached hydrogens (tertiary/aromatic N) is 4. The molecule has 0 unspecified atom stereocenters. The number of benzene rings is 1. The molecule has 0 saturated carbocycles. The highest BCUT2D eigenvalue weighted by Crippen LogP contribution is 2.32. The summed E-state index contributed by atoms with van der Waals surface area (Å²) in [7, 11) is 1.71. The van der Waals surface area contributed by atoms with Crippen molar-refractivity contribution >= 4 is 35.6 Å². The van der Waals surface area contributed by atoms with Gasteiger partial charge in [-0.2, -0.15) is 4.98 Å². The zero-order chi connectivity index (χ0) is 19.9. The van der Waals surface area contributed by atoms with Crippen molar-refractivity contribution in [2.45, 2.75) is 12.8 Å². The van der Waals surface area contributed by atoms with E-state index in [0.717, 1.165) is 23.6 Å². The van der Waals surface area contributed by atoms with Gasteiger partial charge >= 0.3 is 0 Å². The fourth-order valence-electron chi connectivity index (χ4n) is 2.80. The molecule has 0 atom stereocenters. The molecule has 4 rings (SSSR count). The molecule has 0 radical (unpaired) electrons. The number of anilines is 1. The molecular formula is C20H23IN6O3. The Morgan fingerprint density at radius 1 is 1.13 bits per heavy atom. The lowest BCUT2D eigenvalue weighted by atomic mass is 10.2. The minimum absolute atomic E-state index is 0. The van der Waals surface area contributed by atoms with Crippen LogP contribution < -0.4 is 20.1 Å². The van der Waals surface area contributed by atoms with Crippen LogP contribution in [0.1, 0.15) is 12.2 Å². The largest absolute Gasteiger partial charge is 0.490 e. The van der Waals surface area contributed by atoms with Crippen LogP contribution in [0.4, 0.5) is 5.69 Å². The number of rotatable bonds is 5. The van der Waals surface area contributed by atoms with E-state index in [1.54, 1.807) is 13.2 Å². The zero-order valence-electron chi connectivity index (χ0n) is 16.5. The highest BCUT2D eigenvalue weighted by atomic mass is 127. The number of fused-ring (bicyclic) bond motifs is 1. The van der Waals surface area contributed by atoms with Crippen molar-refractivity contribution in [3.8, 4) is 23.1 Å². The van der Waals surface area contributed by atoms with Crippen molar-refractivity contribution < 1.29 is 14.0 Å². The summed E-state index contributed by atoms with van der Waals surface area (Å²) in [6.07, 6.45) is 3.15. The first-order valence-corrected chi connectivity index (χ1v) is 9.43. The number of halogens is 1. The summed E-state index contributed by atoms with van der Waals surface area (Å²) in [4.78, 5) is 12.8. The maximum Gasteiger partial charge on any atom is 0.276 e. The number of pyridine rings is 1. The van der Waals surface area contributed by atoms with Crippen LogP contribution in [-0.4, -0.2) is 47.9 Å². The third-order valence-electron chi connectivity index (χ3n) is 4.23. The summed E-state index contributed by atoms with van der Waals surface area (Å²) in [5.74, 6) is 3.14. The van der Waals surface area contributed by atoms with E-state index in [0.29, 0.717) is 49.5 Å². The van der Waals surface area contributed by atoms with Gasteiger partial charge in [0.25, 0.3) is 5.89 Å². The van der Waals surface area contributed by atoms with Crippen LogP contribution >= 0.6 is 24.0 Å². The van der Waals surface area contributed by atoms with Crippen molar-refractivity contribution in [3.63, 3.8) is 0 Å². The lowest BCUT2D eigenvalue weighted by molar-refractivity contribution is 0.297. The van der Waals surface area contributed by atoms with Crippen LogP contribution in [0.15, 0.2) is 52.1 Å². The molecule has 2 aromatic heterocycles. The van der Waals surface area contributed by atoms with Crippen LogP contribution in [0, 0.1) is 0 Å². The maximum atomic E-state index is 5.72. The minimum atomic E-state index is 0. The number of aliphatic imine (C=N–C) groups is 1. The lowest BCUT2D eigenvalue weighted by Crippen LogP contribution is -2.32. The van der Waals surface area contributed by atoms with E-state index in [1.165, 1.54) is 0 Å². The van der Waals surface area contributed by atoms with E-state index in [9.17, 15) is 0 Å². The molecule has 158 valence electrons. The first-order chi connectivity index (χ1) is 14.3. The minimum Gasteiger partial charge on any atom is -0.490 e. The Morgan fingerprint density at radius 3 is 2.80 bits per heavy atom. The molecule has 0 spiro atoms. The third-order valence-corrected chi connectivity index (χ3v) is 4.23. The van der Waals surface area contributed by atoms with Crippen molar-refractivity contribution in [2.75, 3.05) is 32.1 Å². The molecule has 0 fully saturated rings. The molecule has 3 aromatic rings. The summed E-state index contributed by atoms with van der Waals surface area (Å²) >= 11 is 0. The summed E-state index contributed by atoms with van der Waals surface area (Å²) in [5, 5.41) is 10.5. The topological polar surface area (TPSA) is 107 Å². The van der Waals surface area contributed by atoms with Crippen molar-refractivity contribution in [2.24, 2.45) is 4.99 Å². The number of guanidine groups is 1. The van der Waals surface area contributed by atoms with Gasteiger partial charge in [0.1, 0.15) is 5.69 Å². The SMILES string of the molecule is CN=C(NCCc1noc(-c2ccccn2)n1)Nc1ccc2c(c1)OCCCO2.I.